The highest BCUT2D eigenvalue weighted by molar-refractivity contribution is 7.98. The van der Waals surface area contributed by atoms with Crippen LogP contribution in [0, 0.1) is 11.8 Å². The lowest BCUT2D eigenvalue weighted by atomic mass is 9.99. The van der Waals surface area contributed by atoms with E-state index in [1.54, 1.807) is 0 Å². The Labute approximate surface area is 96.9 Å². The maximum Gasteiger partial charge on any atom is 0.0469 e. The second-order valence-corrected chi connectivity index (χ2v) is 5.22. The monoisotopic (exact) mass is 224 g/mol. The van der Waals surface area contributed by atoms with E-state index in [1.807, 2.05) is 17.8 Å². The third kappa shape index (κ3) is 4.72. The number of aliphatic hydroxyl groups excluding tert-OH is 1. The zero-order valence-electron chi connectivity index (χ0n) is 9.52. The number of benzene rings is 1. The topological polar surface area (TPSA) is 20.2 Å². The van der Waals surface area contributed by atoms with Crippen molar-refractivity contribution in [3.63, 3.8) is 0 Å². The SMILES string of the molecule is CC(C)[C@H](CO)CSCc1ccccc1. The highest BCUT2D eigenvalue weighted by Gasteiger charge is 2.11. The summed E-state index contributed by atoms with van der Waals surface area (Å²) in [5.74, 6) is 3.09. The normalized spacial score (nSPS) is 13.1. The molecule has 0 amide bonds. The Morgan fingerprint density at radius 1 is 1.20 bits per heavy atom. The van der Waals surface area contributed by atoms with Gasteiger partial charge in [0.05, 0.1) is 0 Å². The molecule has 0 spiro atoms. The first kappa shape index (κ1) is 12.6. The zero-order valence-corrected chi connectivity index (χ0v) is 10.3. The van der Waals surface area contributed by atoms with Crippen LogP contribution in [-0.4, -0.2) is 17.5 Å². The van der Waals surface area contributed by atoms with Crippen LogP contribution in [0.4, 0.5) is 0 Å². The van der Waals surface area contributed by atoms with Crippen molar-refractivity contribution in [2.75, 3.05) is 12.4 Å². The van der Waals surface area contributed by atoms with Crippen LogP contribution >= 0.6 is 11.8 Å². The number of aliphatic hydroxyl groups is 1. The number of rotatable bonds is 6. The van der Waals surface area contributed by atoms with Crippen molar-refractivity contribution < 1.29 is 5.11 Å². The molecule has 1 N–H and O–H groups in total. The highest BCUT2D eigenvalue weighted by atomic mass is 32.2. The van der Waals surface area contributed by atoms with E-state index in [4.69, 9.17) is 0 Å². The van der Waals surface area contributed by atoms with Gasteiger partial charge in [-0.25, -0.2) is 0 Å². The van der Waals surface area contributed by atoms with Crippen LogP contribution in [0.25, 0.3) is 0 Å². The van der Waals surface area contributed by atoms with Crippen LogP contribution in [0.5, 0.6) is 0 Å². The Kier molecular flexibility index (Phi) is 5.81. The summed E-state index contributed by atoms with van der Waals surface area (Å²) < 4.78 is 0. The van der Waals surface area contributed by atoms with Gasteiger partial charge < -0.3 is 5.11 Å². The third-order valence-electron chi connectivity index (χ3n) is 2.62. The fraction of sp³-hybridized carbons (Fsp3) is 0.538. The van der Waals surface area contributed by atoms with Crippen LogP contribution in [0.1, 0.15) is 19.4 Å². The second-order valence-electron chi connectivity index (χ2n) is 4.19. The summed E-state index contributed by atoms with van der Waals surface area (Å²) in [7, 11) is 0. The molecule has 1 atom stereocenters. The van der Waals surface area contributed by atoms with E-state index in [0.29, 0.717) is 18.4 Å². The van der Waals surface area contributed by atoms with Crippen LogP contribution in [0.15, 0.2) is 30.3 Å². The van der Waals surface area contributed by atoms with Crippen molar-refractivity contribution in [2.45, 2.75) is 19.6 Å². The van der Waals surface area contributed by atoms with Crippen molar-refractivity contribution in [1.29, 1.82) is 0 Å². The number of hydrogen-bond donors (Lipinski definition) is 1. The predicted octanol–water partition coefficient (Wildman–Crippen LogP) is 3.18. The first-order valence-corrected chi connectivity index (χ1v) is 6.62. The molecule has 2 heteroatoms. The molecular weight excluding hydrogens is 204 g/mol. The molecule has 0 saturated heterocycles. The Bertz CT molecular complexity index is 258. The van der Waals surface area contributed by atoms with E-state index in [9.17, 15) is 5.11 Å². The summed E-state index contributed by atoms with van der Waals surface area (Å²) in [6, 6.07) is 10.5. The van der Waals surface area contributed by atoms with Gasteiger partial charge in [0.25, 0.3) is 0 Å². The minimum absolute atomic E-state index is 0.305. The largest absolute Gasteiger partial charge is 0.396 e. The van der Waals surface area contributed by atoms with Crippen molar-refractivity contribution in [1.82, 2.24) is 0 Å². The van der Waals surface area contributed by atoms with Crippen molar-refractivity contribution in [3.8, 4) is 0 Å². The molecule has 0 aliphatic carbocycles. The van der Waals surface area contributed by atoms with Gasteiger partial charge in [-0.3, -0.25) is 0 Å². The molecule has 0 unspecified atom stereocenters. The molecule has 0 aliphatic heterocycles. The first-order chi connectivity index (χ1) is 7.24. The molecular formula is C13H20OS. The Hall–Kier alpha value is -0.470. The van der Waals surface area contributed by atoms with Crippen molar-refractivity contribution >= 4 is 11.8 Å². The smallest absolute Gasteiger partial charge is 0.0469 e. The minimum atomic E-state index is 0.305. The third-order valence-corrected chi connectivity index (χ3v) is 3.82. The van der Waals surface area contributed by atoms with E-state index in [0.717, 1.165) is 11.5 Å². The average Bonchev–Trinajstić information content (AvgIpc) is 2.25. The van der Waals surface area contributed by atoms with Crippen LogP contribution < -0.4 is 0 Å². The molecule has 0 radical (unpaired) electrons. The molecule has 0 bridgehead atoms. The average molecular weight is 224 g/mol. The molecule has 0 saturated carbocycles. The molecule has 0 aliphatic rings. The lowest BCUT2D eigenvalue weighted by molar-refractivity contribution is 0.206. The maximum absolute atomic E-state index is 9.18. The molecule has 0 fully saturated rings. The van der Waals surface area contributed by atoms with E-state index < -0.39 is 0 Å². The molecule has 1 aromatic rings. The lowest BCUT2D eigenvalue weighted by Gasteiger charge is -2.17. The second kappa shape index (κ2) is 6.91. The lowest BCUT2D eigenvalue weighted by Crippen LogP contribution is -2.16. The minimum Gasteiger partial charge on any atom is -0.396 e. The van der Waals surface area contributed by atoms with E-state index in [1.165, 1.54) is 5.56 Å². The summed E-state index contributed by atoms with van der Waals surface area (Å²) in [6.45, 7) is 4.65. The van der Waals surface area contributed by atoms with Gasteiger partial charge in [0.2, 0.25) is 0 Å². The van der Waals surface area contributed by atoms with Crippen LogP contribution in [0.3, 0.4) is 0 Å². The van der Waals surface area contributed by atoms with Gasteiger partial charge in [-0.15, -0.1) is 0 Å². The molecule has 0 heterocycles. The highest BCUT2D eigenvalue weighted by Crippen LogP contribution is 2.19. The molecule has 15 heavy (non-hydrogen) atoms. The predicted molar refractivity (Wildman–Crippen MR) is 68.0 cm³/mol. The summed E-state index contributed by atoms with van der Waals surface area (Å²) in [5.41, 5.74) is 1.36. The quantitative estimate of drug-likeness (QED) is 0.801. The number of thioether (sulfide) groups is 1. The fourth-order valence-corrected chi connectivity index (χ4v) is 2.70. The van der Waals surface area contributed by atoms with Crippen LogP contribution in [-0.2, 0) is 5.75 Å². The first-order valence-electron chi connectivity index (χ1n) is 5.46. The zero-order chi connectivity index (χ0) is 11.1. The number of hydrogen-bond acceptors (Lipinski definition) is 2. The summed E-state index contributed by atoms with van der Waals surface area (Å²) >= 11 is 1.91. The van der Waals surface area contributed by atoms with Gasteiger partial charge in [-0.1, -0.05) is 44.2 Å². The van der Waals surface area contributed by atoms with Crippen molar-refractivity contribution in [2.24, 2.45) is 11.8 Å². The van der Waals surface area contributed by atoms with E-state index in [-0.39, 0.29) is 0 Å². The van der Waals surface area contributed by atoms with Gasteiger partial charge in [0.1, 0.15) is 0 Å². The molecule has 0 aromatic heterocycles. The van der Waals surface area contributed by atoms with E-state index in [2.05, 4.69) is 38.1 Å². The standard InChI is InChI=1S/C13H20OS/c1-11(2)13(8-14)10-15-9-12-6-4-3-5-7-12/h3-7,11,13-14H,8-10H2,1-2H3/t13-/m1/s1. The van der Waals surface area contributed by atoms with Crippen molar-refractivity contribution in [3.05, 3.63) is 35.9 Å². The van der Waals surface area contributed by atoms with Gasteiger partial charge in [-0.2, -0.15) is 11.8 Å². The Morgan fingerprint density at radius 3 is 2.40 bits per heavy atom. The summed E-state index contributed by atoms with van der Waals surface area (Å²) in [4.78, 5) is 0. The molecule has 1 aromatic carbocycles. The Morgan fingerprint density at radius 2 is 1.87 bits per heavy atom. The molecule has 84 valence electrons. The van der Waals surface area contributed by atoms with Crippen LogP contribution in [0.2, 0.25) is 0 Å². The molecule has 1 rings (SSSR count). The van der Waals surface area contributed by atoms with E-state index >= 15 is 0 Å². The fourth-order valence-electron chi connectivity index (χ4n) is 1.36. The Balaban J connectivity index is 2.27. The van der Waals surface area contributed by atoms with Gasteiger partial charge in [0, 0.05) is 12.4 Å². The summed E-state index contributed by atoms with van der Waals surface area (Å²) in [6.07, 6.45) is 0. The van der Waals surface area contributed by atoms with Gasteiger partial charge in [0.15, 0.2) is 0 Å². The van der Waals surface area contributed by atoms with Gasteiger partial charge in [-0.05, 0) is 23.2 Å². The maximum atomic E-state index is 9.18. The molecule has 1 nitrogen and oxygen atoms in total. The summed E-state index contributed by atoms with van der Waals surface area (Å²) in [5, 5.41) is 9.18. The van der Waals surface area contributed by atoms with Gasteiger partial charge >= 0.3 is 0 Å².